The number of nitrogens with zero attached hydrogens (tertiary/aromatic N) is 1. The van der Waals surface area contributed by atoms with Crippen molar-refractivity contribution in [3.05, 3.63) is 34.9 Å². The Morgan fingerprint density at radius 1 is 1.50 bits per heavy atom. The number of nitrogens with one attached hydrogen (secondary N) is 1. The molecule has 94 valence electrons. The Labute approximate surface area is 111 Å². The highest BCUT2D eigenvalue weighted by atomic mass is 35.5. The number of hydrogen-bond acceptors (Lipinski definition) is 2. The number of hydrazone groups is 1. The van der Waals surface area contributed by atoms with E-state index in [9.17, 15) is 4.79 Å². The van der Waals surface area contributed by atoms with Crippen LogP contribution in [0.25, 0.3) is 0 Å². The van der Waals surface area contributed by atoms with Gasteiger partial charge in [-0.05, 0) is 42.4 Å². The molecule has 1 spiro atoms. The second-order valence-electron chi connectivity index (χ2n) is 5.26. The van der Waals surface area contributed by atoms with Gasteiger partial charge in [0.2, 0.25) is 5.91 Å². The van der Waals surface area contributed by atoms with E-state index in [1.165, 1.54) is 19.3 Å². The van der Waals surface area contributed by atoms with Crippen molar-refractivity contribution in [3.8, 4) is 0 Å². The van der Waals surface area contributed by atoms with E-state index in [0.29, 0.717) is 10.4 Å². The van der Waals surface area contributed by atoms with E-state index in [4.69, 9.17) is 11.6 Å². The zero-order valence-electron chi connectivity index (χ0n) is 10.0. The molecule has 18 heavy (non-hydrogen) atoms. The molecule has 1 aromatic rings. The maximum Gasteiger partial charge on any atom is 0.243 e. The fraction of sp³-hybridized carbons (Fsp3) is 0.429. The predicted molar refractivity (Wildman–Crippen MR) is 71.6 cm³/mol. The van der Waals surface area contributed by atoms with Crippen LogP contribution in [0.4, 0.5) is 0 Å². The molecule has 3 nitrogen and oxygen atoms in total. The number of amides is 1. The highest BCUT2D eigenvalue weighted by Gasteiger charge is 2.60. The Hall–Kier alpha value is -1.35. The van der Waals surface area contributed by atoms with E-state index >= 15 is 0 Å². The molecule has 0 heterocycles. The van der Waals surface area contributed by atoms with Crippen molar-refractivity contribution in [3.63, 3.8) is 0 Å². The van der Waals surface area contributed by atoms with Crippen LogP contribution in [0, 0.1) is 11.3 Å². The second-order valence-corrected chi connectivity index (χ2v) is 5.70. The smallest absolute Gasteiger partial charge is 0.243 e. The molecule has 1 N–H and O–H groups in total. The van der Waals surface area contributed by atoms with Gasteiger partial charge in [-0.3, -0.25) is 4.79 Å². The molecule has 3 rings (SSSR count). The van der Waals surface area contributed by atoms with Gasteiger partial charge >= 0.3 is 0 Å². The van der Waals surface area contributed by atoms with E-state index in [1.54, 1.807) is 6.21 Å². The zero-order valence-corrected chi connectivity index (χ0v) is 10.8. The Bertz CT molecular complexity index is 508. The largest absolute Gasteiger partial charge is 0.273 e. The van der Waals surface area contributed by atoms with Gasteiger partial charge in [0, 0.05) is 10.9 Å². The van der Waals surface area contributed by atoms with Crippen molar-refractivity contribution in [2.75, 3.05) is 0 Å². The number of benzene rings is 1. The highest BCUT2D eigenvalue weighted by Crippen LogP contribution is 2.65. The molecule has 1 atom stereocenters. The number of halogens is 1. The average molecular weight is 263 g/mol. The van der Waals surface area contributed by atoms with Gasteiger partial charge in [0.15, 0.2) is 0 Å². The van der Waals surface area contributed by atoms with Crippen LogP contribution < -0.4 is 5.43 Å². The van der Waals surface area contributed by atoms with E-state index in [0.717, 1.165) is 12.0 Å². The molecule has 0 radical (unpaired) electrons. The Balaban J connectivity index is 1.53. The van der Waals surface area contributed by atoms with Crippen LogP contribution in [0.3, 0.4) is 0 Å². The molecule has 0 saturated heterocycles. The number of carbonyl (C=O) groups is 1. The van der Waals surface area contributed by atoms with Gasteiger partial charge < -0.3 is 0 Å². The van der Waals surface area contributed by atoms with E-state index < -0.39 is 0 Å². The summed E-state index contributed by atoms with van der Waals surface area (Å²) in [6, 6.07) is 7.37. The SMILES string of the molecule is O=C(N/N=C/c1cccc(Cl)c1)[C@H]1CC12CCC2. The monoisotopic (exact) mass is 262 g/mol. The van der Waals surface area contributed by atoms with Gasteiger partial charge in [0.05, 0.1) is 6.21 Å². The van der Waals surface area contributed by atoms with E-state index in [1.807, 2.05) is 24.3 Å². The molecular weight excluding hydrogens is 248 g/mol. The maximum absolute atomic E-state index is 11.8. The van der Waals surface area contributed by atoms with Crippen LogP contribution in [0.1, 0.15) is 31.2 Å². The molecular formula is C14H15ClN2O. The summed E-state index contributed by atoms with van der Waals surface area (Å²) in [5.74, 6) is 0.260. The van der Waals surface area contributed by atoms with Gasteiger partial charge in [-0.2, -0.15) is 5.10 Å². The third-order valence-corrected chi connectivity index (χ3v) is 4.33. The lowest BCUT2D eigenvalue weighted by atomic mass is 9.80. The van der Waals surface area contributed by atoms with Gasteiger partial charge in [-0.15, -0.1) is 0 Å². The standard InChI is InChI=1S/C14H15ClN2O/c15-11-4-1-3-10(7-11)9-16-17-13(18)12-8-14(12)5-2-6-14/h1,3-4,7,9,12H,2,5-6,8H2,(H,17,18)/b16-9+/t12-/m1/s1. The second kappa shape index (κ2) is 4.39. The fourth-order valence-corrected chi connectivity index (χ4v) is 2.94. The highest BCUT2D eigenvalue weighted by molar-refractivity contribution is 6.30. The quantitative estimate of drug-likeness (QED) is 0.660. The fourth-order valence-electron chi connectivity index (χ4n) is 2.74. The summed E-state index contributed by atoms with van der Waals surface area (Å²) in [5.41, 5.74) is 3.87. The topological polar surface area (TPSA) is 41.5 Å². The summed E-state index contributed by atoms with van der Waals surface area (Å²) in [6.45, 7) is 0. The van der Waals surface area contributed by atoms with E-state index in [-0.39, 0.29) is 11.8 Å². The summed E-state index contributed by atoms with van der Waals surface area (Å²) in [4.78, 5) is 11.8. The third kappa shape index (κ3) is 2.15. The first kappa shape index (κ1) is 11.7. The Kier molecular flexibility index (Phi) is 2.86. The molecule has 4 heteroatoms. The normalized spacial score (nSPS) is 23.9. The van der Waals surface area contributed by atoms with Crippen molar-refractivity contribution in [1.29, 1.82) is 0 Å². The van der Waals surface area contributed by atoms with Crippen molar-refractivity contribution >= 4 is 23.7 Å². The molecule has 0 bridgehead atoms. The average Bonchev–Trinajstić information content (AvgIpc) is 3.04. The minimum Gasteiger partial charge on any atom is -0.273 e. The van der Waals surface area contributed by atoms with Crippen LogP contribution in [0.15, 0.2) is 29.4 Å². The first-order valence-electron chi connectivity index (χ1n) is 6.28. The lowest BCUT2D eigenvalue weighted by Gasteiger charge is -2.25. The summed E-state index contributed by atoms with van der Waals surface area (Å²) < 4.78 is 0. The van der Waals surface area contributed by atoms with Crippen LogP contribution in [-0.2, 0) is 4.79 Å². The molecule has 2 aliphatic carbocycles. The summed E-state index contributed by atoms with van der Waals surface area (Å²) in [7, 11) is 0. The molecule has 2 saturated carbocycles. The number of rotatable bonds is 3. The summed E-state index contributed by atoms with van der Waals surface area (Å²) >= 11 is 5.86. The molecule has 2 aliphatic rings. The molecule has 1 amide bonds. The molecule has 0 aromatic heterocycles. The van der Waals surface area contributed by atoms with Gasteiger partial charge in [0.25, 0.3) is 0 Å². The van der Waals surface area contributed by atoms with Gasteiger partial charge in [-0.1, -0.05) is 30.2 Å². The van der Waals surface area contributed by atoms with Crippen molar-refractivity contribution in [2.24, 2.45) is 16.4 Å². The van der Waals surface area contributed by atoms with Crippen molar-refractivity contribution in [2.45, 2.75) is 25.7 Å². The minimum absolute atomic E-state index is 0.0629. The Morgan fingerprint density at radius 3 is 2.94 bits per heavy atom. The Morgan fingerprint density at radius 2 is 2.33 bits per heavy atom. The van der Waals surface area contributed by atoms with Crippen molar-refractivity contribution < 1.29 is 4.79 Å². The third-order valence-electron chi connectivity index (χ3n) is 4.09. The lowest BCUT2D eigenvalue weighted by Crippen LogP contribution is -2.26. The predicted octanol–water partition coefficient (Wildman–Crippen LogP) is 2.98. The summed E-state index contributed by atoms with van der Waals surface area (Å²) in [5, 5.41) is 4.65. The van der Waals surface area contributed by atoms with Crippen molar-refractivity contribution in [1.82, 2.24) is 5.43 Å². The molecule has 0 aliphatic heterocycles. The van der Waals surface area contributed by atoms with Crippen LogP contribution >= 0.6 is 11.6 Å². The zero-order chi connectivity index (χ0) is 12.6. The number of hydrogen-bond donors (Lipinski definition) is 1. The van der Waals surface area contributed by atoms with Gasteiger partial charge in [0.1, 0.15) is 0 Å². The van der Waals surface area contributed by atoms with E-state index in [2.05, 4.69) is 10.5 Å². The van der Waals surface area contributed by atoms with Gasteiger partial charge in [-0.25, -0.2) is 5.43 Å². The lowest BCUT2D eigenvalue weighted by molar-refractivity contribution is -0.123. The molecule has 1 aromatic carbocycles. The maximum atomic E-state index is 11.8. The molecule has 0 unspecified atom stereocenters. The van der Waals surface area contributed by atoms with Crippen LogP contribution in [0.2, 0.25) is 5.02 Å². The number of carbonyl (C=O) groups excluding carboxylic acids is 1. The minimum atomic E-state index is 0.0629. The molecule has 2 fully saturated rings. The first-order chi connectivity index (χ1) is 8.70. The summed E-state index contributed by atoms with van der Waals surface area (Å²) in [6.07, 6.45) is 6.37. The van der Waals surface area contributed by atoms with Crippen LogP contribution in [0.5, 0.6) is 0 Å². The van der Waals surface area contributed by atoms with Crippen LogP contribution in [-0.4, -0.2) is 12.1 Å². The first-order valence-corrected chi connectivity index (χ1v) is 6.66.